The lowest BCUT2D eigenvalue weighted by molar-refractivity contribution is -0.120. The standard InChI is InChI=1S/C21H21Cl2N5O2/c1-13(20(24)29)28-12-16(15-6-5-14(22)11-17(15)28)21(30)27-9-7-26(8-10-27)19-4-2-3-18(23)25-19/h2-6,11-13H,7-10H2,1H3,(H2,24,29). The maximum atomic E-state index is 13.3. The number of piperazine rings is 1. The number of rotatable bonds is 4. The molecule has 30 heavy (non-hydrogen) atoms. The largest absolute Gasteiger partial charge is 0.368 e. The van der Waals surface area contributed by atoms with E-state index in [9.17, 15) is 9.59 Å². The summed E-state index contributed by atoms with van der Waals surface area (Å²) in [5, 5.41) is 1.72. The molecule has 2 N–H and O–H groups in total. The Morgan fingerprint density at radius 2 is 1.83 bits per heavy atom. The number of primary amides is 1. The van der Waals surface area contributed by atoms with E-state index in [4.69, 9.17) is 28.9 Å². The highest BCUT2D eigenvalue weighted by molar-refractivity contribution is 6.31. The first kappa shape index (κ1) is 20.5. The Morgan fingerprint density at radius 3 is 2.50 bits per heavy atom. The Labute approximate surface area is 184 Å². The Hall–Kier alpha value is -2.77. The number of amides is 2. The van der Waals surface area contributed by atoms with Crippen molar-refractivity contribution in [2.24, 2.45) is 5.73 Å². The third-order valence-corrected chi connectivity index (χ3v) is 5.89. The van der Waals surface area contributed by atoms with E-state index in [0.29, 0.717) is 47.4 Å². The predicted octanol–water partition coefficient (Wildman–Crippen LogP) is 3.35. The Balaban J connectivity index is 1.59. The maximum absolute atomic E-state index is 13.3. The summed E-state index contributed by atoms with van der Waals surface area (Å²) in [6.07, 6.45) is 1.70. The zero-order valence-corrected chi connectivity index (χ0v) is 17.9. The minimum absolute atomic E-state index is 0.0866. The molecule has 1 unspecified atom stereocenters. The fourth-order valence-corrected chi connectivity index (χ4v) is 4.06. The average molecular weight is 446 g/mol. The molecule has 3 aromatic rings. The molecule has 2 amide bonds. The Morgan fingerprint density at radius 1 is 1.10 bits per heavy atom. The summed E-state index contributed by atoms with van der Waals surface area (Å²) in [6.45, 7) is 4.12. The van der Waals surface area contributed by atoms with Crippen LogP contribution in [-0.2, 0) is 4.79 Å². The minimum atomic E-state index is -0.599. The van der Waals surface area contributed by atoms with E-state index in [1.54, 1.807) is 42.0 Å². The van der Waals surface area contributed by atoms with Crippen LogP contribution in [0.2, 0.25) is 10.2 Å². The monoisotopic (exact) mass is 445 g/mol. The van der Waals surface area contributed by atoms with Gasteiger partial charge in [-0.05, 0) is 31.2 Å². The van der Waals surface area contributed by atoms with Crippen LogP contribution in [0.4, 0.5) is 5.82 Å². The lowest BCUT2D eigenvalue weighted by Crippen LogP contribution is -2.49. The fourth-order valence-electron chi connectivity index (χ4n) is 3.73. The molecule has 1 saturated heterocycles. The molecule has 4 rings (SSSR count). The lowest BCUT2D eigenvalue weighted by Gasteiger charge is -2.35. The smallest absolute Gasteiger partial charge is 0.256 e. The van der Waals surface area contributed by atoms with E-state index >= 15 is 0 Å². The number of nitrogens with zero attached hydrogens (tertiary/aromatic N) is 4. The molecule has 0 aliphatic carbocycles. The first-order valence-electron chi connectivity index (χ1n) is 9.61. The van der Waals surface area contributed by atoms with E-state index in [1.165, 1.54) is 0 Å². The molecule has 0 radical (unpaired) electrons. The number of halogens is 2. The summed E-state index contributed by atoms with van der Waals surface area (Å²) in [7, 11) is 0. The van der Waals surface area contributed by atoms with E-state index in [1.807, 2.05) is 17.0 Å². The van der Waals surface area contributed by atoms with Gasteiger partial charge in [0.25, 0.3) is 5.91 Å². The van der Waals surface area contributed by atoms with Crippen LogP contribution in [-0.4, -0.2) is 52.4 Å². The molecule has 1 atom stereocenters. The van der Waals surface area contributed by atoms with Gasteiger partial charge in [0.1, 0.15) is 17.0 Å². The van der Waals surface area contributed by atoms with Gasteiger partial charge in [-0.3, -0.25) is 9.59 Å². The van der Waals surface area contributed by atoms with E-state index in [0.717, 1.165) is 11.2 Å². The molecule has 7 nitrogen and oxygen atoms in total. The number of fused-ring (bicyclic) bond motifs is 1. The quantitative estimate of drug-likeness (QED) is 0.623. The number of aromatic nitrogens is 2. The summed E-state index contributed by atoms with van der Waals surface area (Å²) in [4.78, 5) is 33.3. The molecule has 156 valence electrons. The average Bonchev–Trinajstić information content (AvgIpc) is 3.11. The van der Waals surface area contributed by atoms with Crippen LogP contribution in [0.5, 0.6) is 0 Å². The van der Waals surface area contributed by atoms with Crippen molar-refractivity contribution < 1.29 is 9.59 Å². The number of hydrogen-bond acceptors (Lipinski definition) is 4. The van der Waals surface area contributed by atoms with Crippen molar-refractivity contribution in [2.75, 3.05) is 31.1 Å². The number of carbonyl (C=O) groups excluding carboxylic acids is 2. The summed E-state index contributed by atoms with van der Waals surface area (Å²) in [5.74, 6) is 0.237. The number of hydrogen-bond donors (Lipinski definition) is 1. The molecular formula is C21H21Cl2N5O2. The van der Waals surface area contributed by atoms with Crippen LogP contribution >= 0.6 is 23.2 Å². The third-order valence-electron chi connectivity index (χ3n) is 5.45. The number of benzene rings is 1. The van der Waals surface area contributed by atoms with Crippen molar-refractivity contribution in [1.82, 2.24) is 14.5 Å². The van der Waals surface area contributed by atoms with Gasteiger partial charge in [0, 0.05) is 42.8 Å². The molecule has 1 fully saturated rings. The third kappa shape index (κ3) is 3.82. The Kier molecular flexibility index (Phi) is 5.58. The van der Waals surface area contributed by atoms with Crippen LogP contribution in [0.1, 0.15) is 23.3 Å². The Bertz CT molecular complexity index is 1120. The van der Waals surface area contributed by atoms with Crippen LogP contribution in [0.25, 0.3) is 10.9 Å². The summed E-state index contributed by atoms with van der Waals surface area (Å²) in [5.41, 5.74) is 6.74. The second-order valence-electron chi connectivity index (χ2n) is 7.29. The van der Waals surface area contributed by atoms with Crippen LogP contribution in [0.3, 0.4) is 0 Å². The minimum Gasteiger partial charge on any atom is -0.368 e. The molecule has 0 bridgehead atoms. The number of nitrogens with two attached hydrogens (primary N) is 1. The van der Waals surface area contributed by atoms with Crippen LogP contribution in [0, 0.1) is 0 Å². The molecule has 9 heteroatoms. The molecule has 3 heterocycles. The topological polar surface area (TPSA) is 84.5 Å². The SMILES string of the molecule is CC(C(N)=O)n1cc(C(=O)N2CCN(c3cccc(Cl)n3)CC2)c2ccc(Cl)cc21. The van der Waals surface area contributed by atoms with E-state index < -0.39 is 11.9 Å². The van der Waals surface area contributed by atoms with Crippen molar-refractivity contribution in [3.05, 3.63) is 58.3 Å². The summed E-state index contributed by atoms with van der Waals surface area (Å²) in [6, 6.07) is 10.2. The molecule has 0 saturated carbocycles. The van der Waals surface area contributed by atoms with Crippen LogP contribution in [0.15, 0.2) is 42.6 Å². The summed E-state index contributed by atoms with van der Waals surface area (Å²) < 4.78 is 1.71. The normalized spacial score (nSPS) is 15.4. The van der Waals surface area contributed by atoms with Gasteiger partial charge in [-0.15, -0.1) is 0 Å². The van der Waals surface area contributed by atoms with Crippen molar-refractivity contribution in [1.29, 1.82) is 0 Å². The first-order valence-corrected chi connectivity index (χ1v) is 10.4. The van der Waals surface area contributed by atoms with E-state index in [2.05, 4.69) is 9.88 Å². The van der Waals surface area contributed by atoms with Gasteiger partial charge >= 0.3 is 0 Å². The fraction of sp³-hybridized carbons (Fsp3) is 0.286. The number of anilines is 1. The second-order valence-corrected chi connectivity index (χ2v) is 8.11. The van der Waals surface area contributed by atoms with Gasteiger partial charge in [-0.25, -0.2) is 4.98 Å². The van der Waals surface area contributed by atoms with E-state index in [-0.39, 0.29) is 5.91 Å². The molecule has 1 aliphatic rings. The zero-order chi connectivity index (χ0) is 21.4. The molecular weight excluding hydrogens is 425 g/mol. The maximum Gasteiger partial charge on any atom is 0.256 e. The molecule has 1 aliphatic heterocycles. The van der Waals surface area contributed by atoms with Crippen molar-refractivity contribution in [3.8, 4) is 0 Å². The van der Waals surface area contributed by atoms with Crippen LogP contribution < -0.4 is 10.6 Å². The first-order chi connectivity index (χ1) is 14.3. The van der Waals surface area contributed by atoms with Crippen molar-refractivity contribution >= 4 is 51.7 Å². The molecule has 2 aromatic heterocycles. The van der Waals surface area contributed by atoms with Crippen molar-refractivity contribution in [2.45, 2.75) is 13.0 Å². The highest BCUT2D eigenvalue weighted by Crippen LogP contribution is 2.29. The van der Waals surface area contributed by atoms with Gasteiger partial charge in [0.15, 0.2) is 0 Å². The highest BCUT2D eigenvalue weighted by atomic mass is 35.5. The summed E-state index contributed by atoms with van der Waals surface area (Å²) >= 11 is 12.1. The molecule has 1 aromatic carbocycles. The van der Waals surface area contributed by atoms with Gasteiger partial charge in [-0.1, -0.05) is 35.3 Å². The zero-order valence-electron chi connectivity index (χ0n) is 16.4. The lowest BCUT2D eigenvalue weighted by atomic mass is 10.1. The van der Waals surface area contributed by atoms with Gasteiger partial charge in [0.2, 0.25) is 5.91 Å². The van der Waals surface area contributed by atoms with Gasteiger partial charge in [0.05, 0.1) is 11.1 Å². The highest BCUT2D eigenvalue weighted by Gasteiger charge is 2.27. The number of carbonyl (C=O) groups is 2. The van der Waals surface area contributed by atoms with Crippen molar-refractivity contribution in [3.63, 3.8) is 0 Å². The second kappa shape index (κ2) is 8.16. The predicted molar refractivity (Wildman–Crippen MR) is 118 cm³/mol. The number of pyridine rings is 1. The van der Waals surface area contributed by atoms with Gasteiger partial charge in [-0.2, -0.15) is 0 Å². The molecule has 0 spiro atoms. The van der Waals surface area contributed by atoms with Gasteiger partial charge < -0.3 is 20.1 Å².